The average molecular weight is 342 g/mol. The number of ketones is 1. The van der Waals surface area contributed by atoms with Crippen LogP contribution in [0.25, 0.3) is 6.08 Å². The summed E-state index contributed by atoms with van der Waals surface area (Å²) in [7, 11) is 0. The highest BCUT2D eigenvalue weighted by atomic mass is 16.5. The maximum atomic E-state index is 12.5. The number of hydrogen-bond donors (Lipinski definition) is 0. The highest BCUT2D eigenvalue weighted by molar-refractivity contribution is 6.14. The Bertz CT molecular complexity index is 1000. The first-order valence-electron chi connectivity index (χ1n) is 8.11. The number of rotatable bonds is 3. The first-order valence-corrected chi connectivity index (χ1v) is 8.11. The van der Waals surface area contributed by atoms with Crippen molar-refractivity contribution in [1.29, 1.82) is 0 Å². The summed E-state index contributed by atoms with van der Waals surface area (Å²) >= 11 is 0. The Morgan fingerprint density at radius 1 is 0.885 bits per heavy atom. The molecule has 0 amide bonds. The zero-order valence-electron chi connectivity index (χ0n) is 13.7. The van der Waals surface area contributed by atoms with Gasteiger partial charge in [-0.15, -0.1) is 0 Å². The first-order chi connectivity index (χ1) is 12.7. The van der Waals surface area contributed by atoms with Crippen LogP contribution in [0, 0.1) is 0 Å². The predicted molar refractivity (Wildman–Crippen MR) is 97.2 cm³/mol. The third-order valence-electron chi connectivity index (χ3n) is 3.96. The number of benzene rings is 3. The van der Waals surface area contributed by atoms with Gasteiger partial charge in [0.25, 0.3) is 0 Å². The molecule has 0 radical (unpaired) electrons. The van der Waals surface area contributed by atoms with Gasteiger partial charge in [0.15, 0.2) is 5.76 Å². The van der Waals surface area contributed by atoms with Gasteiger partial charge in [0.2, 0.25) is 5.78 Å². The Labute approximate surface area is 150 Å². The predicted octanol–water partition coefficient (Wildman–Crippen LogP) is 4.52. The van der Waals surface area contributed by atoms with Gasteiger partial charge in [-0.2, -0.15) is 0 Å². The van der Waals surface area contributed by atoms with Crippen LogP contribution in [0.5, 0.6) is 11.5 Å². The van der Waals surface area contributed by atoms with Crippen LogP contribution in [0.1, 0.15) is 26.3 Å². The van der Waals surface area contributed by atoms with Crippen LogP contribution in [0.4, 0.5) is 0 Å². The van der Waals surface area contributed by atoms with Crippen molar-refractivity contribution >= 4 is 17.8 Å². The molecule has 126 valence electrons. The van der Waals surface area contributed by atoms with Gasteiger partial charge in [0.1, 0.15) is 11.5 Å². The standard InChI is InChI=1S/C22H14O4/c23-21-18-12-11-17(25-22(24)16-9-5-2-6-10-16)14-19(18)26-20(21)13-15-7-3-1-4-8-15/h1-14H. The van der Waals surface area contributed by atoms with E-state index in [2.05, 4.69) is 0 Å². The summed E-state index contributed by atoms with van der Waals surface area (Å²) in [5.41, 5.74) is 1.78. The summed E-state index contributed by atoms with van der Waals surface area (Å²) in [6.45, 7) is 0. The van der Waals surface area contributed by atoms with E-state index in [9.17, 15) is 9.59 Å². The van der Waals surface area contributed by atoms with Gasteiger partial charge in [-0.1, -0.05) is 48.5 Å². The molecule has 1 aliphatic heterocycles. The van der Waals surface area contributed by atoms with Crippen molar-refractivity contribution in [3.8, 4) is 11.5 Å². The second kappa shape index (κ2) is 6.69. The largest absolute Gasteiger partial charge is 0.452 e. The number of ether oxygens (including phenoxy) is 2. The van der Waals surface area contributed by atoms with E-state index in [0.717, 1.165) is 5.56 Å². The van der Waals surface area contributed by atoms with Gasteiger partial charge in [-0.25, -0.2) is 4.79 Å². The number of fused-ring (bicyclic) bond motifs is 1. The molecule has 3 aromatic carbocycles. The van der Waals surface area contributed by atoms with Crippen molar-refractivity contribution in [2.75, 3.05) is 0 Å². The van der Waals surface area contributed by atoms with Crippen LogP contribution >= 0.6 is 0 Å². The smallest absolute Gasteiger partial charge is 0.343 e. The molecule has 4 nitrogen and oxygen atoms in total. The van der Waals surface area contributed by atoms with Crippen molar-refractivity contribution in [3.05, 3.63) is 101 Å². The molecule has 0 bridgehead atoms. The number of carbonyl (C=O) groups excluding carboxylic acids is 2. The van der Waals surface area contributed by atoms with E-state index in [1.54, 1.807) is 48.5 Å². The molecule has 3 aromatic rings. The van der Waals surface area contributed by atoms with Crippen molar-refractivity contribution in [1.82, 2.24) is 0 Å². The first kappa shape index (κ1) is 15.8. The van der Waals surface area contributed by atoms with E-state index in [-0.39, 0.29) is 11.5 Å². The van der Waals surface area contributed by atoms with Crippen LogP contribution in [0.2, 0.25) is 0 Å². The minimum Gasteiger partial charge on any atom is -0.452 e. The maximum Gasteiger partial charge on any atom is 0.343 e. The summed E-state index contributed by atoms with van der Waals surface area (Å²) in [5.74, 6) is 0.305. The molecule has 4 rings (SSSR count). The van der Waals surface area contributed by atoms with Gasteiger partial charge >= 0.3 is 5.97 Å². The molecule has 0 saturated heterocycles. The lowest BCUT2D eigenvalue weighted by atomic mass is 10.1. The molecule has 0 unspecified atom stereocenters. The number of hydrogen-bond acceptors (Lipinski definition) is 4. The zero-order chi connectivity index (χ0) is 17.9. The molecule has 26 heavy (non-hydrogen) atoms. The van der Waals surface area contributed by atoms with Gasteiger partial charge in [0.05, 0.1) is 11.1 Å². The van der Waals surface area contributed by atoms with Crippen LogP contribution in [-0.2, 0) is 0 Å². The van der Waals surface area contributed by atoms with Crippen molar-refractivity contribution < 1.29 is 19.1 Å². The molecule has 0 spiro atoms. The van der Waals surface area contributed by atoms with E-state index >= 15 is 0 Å². The Morgan fingerprint density at radius 2 is 1.58 bits per heavy atom. The number of allylic oxidation sites excluding steroid dienone is 1. The molecule has 0 atom stereocenters. The van der Waals surface area contributed by atoms with Crippen molar-refractivity contribution in [3.63, 3.8) is 0 Å². The van der Waals surface area contributed by atoms with E-state index in [0.29, 0.717) is 22.6 Å². The summed E-state index contributed by atoms with van der Waals surface area (Å²) in [4.78, 5) is 24.6. The summed E-state index contributed by atoms with van der Waals surface area (Å²) < 4.78 is 11.0. The third-order valence-corrected chi connectivity index (χ3v) is 3.96. The van der Waals surface area contributed by atoms with Crippen LogP contribution in [0.3, 0.4) is 0 Å². The van der Waals surface area contributed by atoms with Crippen LogP contribution < -0.4 is 9.47 Å². The Morgan fingerprint density at radius 3 is 2.31 bits per heavy atom. The number of Topliss-reactive ketones (excluding diaryl/α,β-unsaturated/α-hetero) is 1. The Kier molecular flexibility index (Phi) is 4.07. The maximum absolute atomic E-state index is 12.5. The van der Waals surface area contributed by atoms with Crippen LogP contribution in [0.15, 0.2) is 84.6 Å². The lowest BCUT2D eigenvalue weighted by Gasteiger charge is -2.05. The molecule has 0 N–H and O–H groups in total. The minimum absolute atomic E-state index is 0.190. The topological polar surface area (TPSA) is 52.6 Å². The molecule has 0 aromatic heterocycles. The Hall–Kier alpha value is -3.66. The molecule has 4 heteroatoms. The second-order valence-electron chi connectivity index (χ2n) is 5.76. The summed E-state index contributed by atoms with van der Waals surface area (Å²) in [6.07, 6.45) is 1.69. The molecular formula is C22H14O4. The molecule has 0 fully saturated rings. The van der Waals surface area contributed by atoms with Gasteiger partial charge in [-0.05, 0) is 35.9 Å². The van der Waals surface area contributed by atoms with Crippen molar-refractivity contribution in [2.45, 2.75) is 0 Å². The zero-order valence-corrected chi connectivity index (χ0v) is 13.7. The summed E-state index contributed by atoms with van der Waals surface area (Å²) in [5, 5.41) is 0. The minimum atomic E-state index is -0.463. The third kappa shape index (κ3) is 3.13. The fraction of sp³-hybridized carbons (Fsp3) is 0. The second-order valence-corrected chi connectivity index (χ2v) is 5.76. The fourth-order valence-corrected chi connectivity index (χ4v) is 2.67. The normalized spacial score (nSPS) is 14.0. The van der Waals surface area contributed by atoms with E-state index < -0.39 is 5.97 Å². The molecule has 1 aliphatic rings. The van der Waals surface area contributed by atoms with Gasteiger partial charge < -0.3 is 9.47 Å². The fourth-order valence-electron chi connectivity index (χ4n) is 2.67. The molecular weight excluding hydrogens is 328 g/mol. The quantitative estimate of drug-likeness (QED) is 0.399. The van der Waals surface area contributed by atoms with E-state index in [1.165, 1.54) is 0 Å². The number of esters is 1. The highest BCUT2D eigenvalue weighted by Crippen LogP contribution is 2.35. The van der Waals surface area contributed by atoms with E-state index in [4.69, 9.17) is 9.47 Å². The van der Waals surface area contributed by atoms with E-state index in [1.807, 2.05) is 36.4 Å². The molecule has 0 aliphatic carbocycles. The van der Waals surface area contributed by atoms with Crippen molar-refractivity contribution in [2.24, 2.45) is 0 Å². The SMILES string of the molecule is O=C(Oc1ccc2c(c1)OC(=Cc1ccccc1)C2=O)c1ccccc1. The molecule has 1 heterocycles. The lowest BCUT2D eigenvalue weighted by Crippen LogP contribution is -2.08. The van der Waals surface area contributed by atoms with Gasteiger partial charge in [-0.3, -0.25) is 4.79 Å². The van der Waals surface area contributed by atoms with Gasteiger partial charge in [0, 0.05) is 6.07 Å². The lowest BCUT2D eigenvalue weighted by molar-refractivity contribution is 0.0734. The molecule has 0 saturated carbocycles. The average Bonchev–Trinajstić information content (AvgIpc) is 2.98. The summed E-state index contributed by atoms with van der Waals surface area (Å²) in [6, 6.07) is 22.9. The Balaban J connectivity index is 1.56. The van der Waals surface area contributed by atoms with Crippen LogP contribution in [-0.4, -0.2) is 11.8 Å². The number of carbonyl (C=O) groups is 2. The monoisotopic (exact) mass is 342 g/mol. The highest BCUT2D eigenvalue weighted by Gasteiger charge is 2.28.